The predicted octanol–water partition coefficient (Wildman–Crippen LogP) is 1.63. The third kappa shape index (κ3) is 4.58. The van der Waals surface area contributed by atoms with Gasteiger partial charge in [0.1, 0.15) is 5.01 Å². The highest BCUT2D eigenvalue weighted by Crippen LogP contribution is 2.16. The Bertz CT molecular complexity index is 383. The highest BCUT2D eigenvalue weighted by Gasteiger charge is 2.14. The Morgan fingerprint density at radius 3 is 2.78 bits per heavy atom. The van der Waals surface area contributed by atoms with Crippen molar-refractivity contribution >= 4 is 22.5 Å². The van der Waals surface area contributed by atoms with Gasteiger partial charge in [-0.25, -0.2) is 4.79 Å². The van der Waals surface area contributed by atoms with Gasteiger partial charge in [0.25, 0.3) is 0 Å². The third-order valence-electron chi connectivity index (χ3n) is 2.65. The maximum absolute atomic E-state index is 11.6. The van der Waals surface area contributed by atoms with E-state index in [9.17, 15) is 4.79 Å². The second-order valence-electron chi connectivity index (χ2n) is 4.30. The van der Waals surface area contributed by atoms with E-state index >= 15 is 0 Å². The first kappa shape index (κ1) is 14.8. The van der Waals surface area contributed by atoms with Crippen molar-refractivity contribution in [2.45, 2.75) is 39.7 Å². The molecule has 0 bridgehead atoms. The summed E-state index contributed by atoms with van der Waals surface area (Å²) in [4.78, 5) is 11.6. The molecule has 0 aliphatic heterocycles. The number of nitrogens with zero attached hydrogens (tertiary/aromatic N) is 2. The van der Waals surface area contributed by atoms with Crippen molar-refractivity contribution in [3.05, 3.63) is 5.01 Å². The number of aliphatic hydroxyl groups excluding tert-OH is 1. The summed E-state index contributed by atoms with van der Waals surface area (Å²) < 4.78 is 0. The first-order valence-electron chi connectivity index (χ1n) is 6.07. The molecular weight excluding hydrogens is 252 g/mol. The lowest BCUT2D eigenvalue weighted by atomic mass is 10.1. The van der Waals surface area contributed by atoms with Crippen LogP contribution >= 0.6 is 11.3 Å². The highest BCUT2D eigenvalue weighted by molar-refractivity contribution is 7.15. The van der Waals surface area contributed by atoms with Crippen molar-refractivity contribution in [1.82, 2.24) is 15.5 Å². The number of carbonyl (C=O) groups is 1. The van der Waals surface area contributed by atoms with Crippen molar-refractivity contribution in [2.75, 3.05) is 11.9 Å². The van der Waals surface area contributed by atoms with Gasteiger partial charge in [-0.15, -0.1) is 10.2 Å². The summed E-state index contributed by atoms with van der Waals surface area (Å²) in [6.45, 7) is 5.83. The van der Waals surface area contributed by atoms with Crippen LogP contribution in [0.3, 0.4) is 0 Å². The summed E-state index contributed by atoms with van der Waals surface area (Å²) in [5.74, 6) is 0.0147. The van der Waals surface area contributed by atoms with Crippen LogP contribution in [0.2, 0.25) is 0 Å². The average molecular weight is 272 g/mol. The Balaban J connectivity index is 2.43. The molecule has 2 atom stereocenters. The van der Waals surface area contributed by atoms with Gasteiger partial charge in [0.2, 0.25) is 5.13 Å². The topological polar surface area (TPSA) is 87.1 Å². The second kappa shape index (κ2) is 7.27. The molecule has 0 aliphatic rings. The summed E-state index contributed by atoms with van der Waals surface area (Å²) in [6.07, 6.45) is 1.88. The number of anilines is 1. The van der Waals surface area contributed by atoms with E-state index in [-0.39, 0.29) is 24.6 Å². The number of rotatable bonds is 6. The zero-order chi connectivity index (χ0) is 13.5. The molecule has 0 saturated heterocycles. The minimum Gasteiger partial charge on any atom is -0.396 e. The molecule has 2 amide bonds. The molecule has 0 radical (unpaired) electrons. The van der Waals surface area contributed by atoms with Crippen LogP contribution in [0.5, 0.6) is 0 Å². The molecule has 0 saturated carbocycles. The van der Waals surface area contributed by atoms with Gasteiger partial charge in [-0.2, -0.15) is 0 Å². The zero-order valence-electron chi connectivity index (χ0n) is 10.9. The van der Waals surface area contributed by atoms with Crippen LogP contribution in [0.25, 0.3) is 0 Å². The van der Waals surface area contributed by atoms with E-state index in [2.05, 4.69) is 27.8 Å². The summed E-state index contributed by atoms with van der Waals surface area (Å²) in [5, 5.41) is 23.7. The van der Waals surface area contributed by atoms with E-state index in [1.165, 1.54) is 11.3 Å². The predicted molar refractivity (Wildman–Crippen MR) is 71.8 cm³/mol. The van der Waals surface area contributed by atoms with Crippen molar-refractivity contribution in [3.63, 3.8) is 0 Å². The van der Waals surface area contributed by atoms with Gasteiger partial charge in [-0.05, 0) is 19.3 Å². The van der Waals surface area contributed by atoms with Crippen molar-refractivity contribution in [3.8, 4) is 0 Å². The minimum atomic E-state index is -0.318. The maximum atomic E-state index is 11.6. The smallest absolute Gasteiger partial charge is 0.321 e. The number of urea groups is 1. The quantitative estimate of drug-likeness (QED) is 0.734. The normalized spacial score (nSPS) is 14.0. The minimum absolute atomic E-state index is 0.0147. The molecule has 102 valence electrons. The SMILES string of the molecule is CCCc1nnc(NC(=O)NC(C)C(C)CO)s1. The lowest BCUT2D eigenvalue weighted by molar-refractivity contribution is 0.204. The molecule has 0 aromatic carbocycles. The number of nitrogens with one attached hydrogen (secondary N) is 2. The highest BCUT2D eigenvalue weighted by atomic mass is 32.1. The molecule has 1 heterocycles. The fourth-order valence-corrected chi connectivity index (χ4v) is 2.10. The number of hydrogen-bond donors (Lipinski definition) is 3. The van der Waals surface area contributed by atoms with E-state index in [1.54, 1.807) is 0 Å². The van der Waals surface area contributed by atoms with Gasteiger partial charge < -0.3 is 10.4 Å². The Hall–Kier alpha value is -1.21. The molecule has 2 unspecified atom stereocenters. The molecule has 1 rings (SSSR count). The molecule has 0 spiro atoms. The van der Waals surface area contributed by atoms with Crippen LogP contribution in [-0.4, -0.2) is 34.0 Å². The summed E-state index contributed by atoms with van der Waals surface area (Å²) in [7, 11) is 0. The molecule has 6 nitrogen and oxygen atoms in total. The van der Waals surface area contributed by atoms with Crippen molar-refractivity contribution in [2.24, 2.45) is 5.92 Å². The molecule has 1 aromatic heterocycles. The van der Waals surface area contributed by atoms with E-state index in [0.29, 0.717) is 5.13 Å². The van der Waals surface area contributed by atoms with Gasteiger partial charge in [-0.1, -0.05) is 25.2 Å². The first-order chi connectivity index (χ1) is 8.56. The maximum Gasteiger partial charge on any atom is 0.321 e. The standard InChI is InChI=1S/C11H20N4O2S/c1-4-5-9-14-15-11(18-9)13-10(17)12-8(3)7(2)6-16/h7-8,16H,4-6H2,1-3H3,(H2,12,13,15,17). The van der Waals surface area contributed by atoms with Gasteiger partial charge in [0.15, 0.2) is 0 Å². The number of aromatic nitrogens is 2. The van der Waals surface area contributed by atoms with Crippen molar-refractivity contribution in [1.29, 1.82) is 0 Å². The van der Waals surface area contributed by atoms with E-state index in [0.717, 1.165) is 17.8 Å². The van der Waals surface area contributed by atoms with Gasteiger partial charge in [-0.3, -0.25) is 5.32 Å². The number of aryl methyl sites for hydroxylation is 1. The van der Waals surface area contributed by atoms with Crippen LogP contribution in [0, 0.1) is 5.92 Å². The summed E-state index contributed by atoms with van der Waals surface area (Å²) in [6, 6.07) is -0.417. The van der Waals surface area contributed by atoms with Gasteiger partial charge >= 0.3 is 6.03 Å². The molecule has 18 heavy (non-hydrogen) atoms. The first-order valence-corrected chi connectivity index (χ1v) is 6.89. The van der Waals surface area contributed by atoms with E-state index in [1.807, 2.05) is 13.8 Å². The number of aliphatic hydroxyl groups is 1. The fourth-order valence-electron chi connectivity index (χ4n) is 1.26. The van der Waals surface area contributed by atoms with Crippen LogP contribution < -0.4 is 10.6 Å². The van der Waals surface area contributed by atoms with E-state index < -0.39 is 0 Å². The lowest BCUT2D eigenvalue weighted by Gasteiger charge is -2.18. The Kier molecular flexibility index (Phi) is 6.00. The molecule has 0 aliphatic carbocycles. The van der Waals surface area contributed by atoms with Crippen LogP contribution in [-0.2, 0) is 6.42 Å². The van der Waals surface area contributed by atoms with Crippen LogP contribution in [0.1, 0.15) is 32.2 Å². The number of carbonyl (C=O) groups excluding carboxylic acids is 1. The Morgan fingerprint density at radius 2 is 2.17 bits per heavy atom. The largest absolute Gasteiger partial charge is 0.396 e. The third-order valence-corrected chi connectivity index (χ3v) is 3.55. The second-order valence-corrected chi connectivity index (χ2v) is 5.36. The Labute approximate surface area is 111 Å². The van der Waals surface area contributed by atoms with E-state index in [4.69, 9.17) is 5.11 Å². The molecule has 1 aromatic rings. The van der Waals surface area contributed by atoms with Crippen LogP contribution in [0.4, 0.5) is 9.93 Å². The fraction of sp³-hybridized carbons (Fsp3) is 0.727. The Morgan fingerprint density at radius 1 is 1.44 bits per heavy atom. The van der Waals surface area contributed by atoms with Crippen LogP contribution in [0.15, 0.2) is 0 Å². The van der Waals surface area contributed by atoms with Crippen molar-refractivity contribution < 1.29 is 9.90 Å². The number of hydrogen-bond acceptors (Lipinski definition) is 5. The summed E-state index contributed by atoms with van der Waals surface area (Å²) in [5.41, 5.74) is 0. The summed E-state index contributed by atoms with van der Waals surface area (Å²) >= 11 is 1.38. The number of amides is 2. The molecule has 3 N–H and O–H groups in total. The van der Waals surface area contributed by atoms with Gasteiger partial charge in [0.05, 0.1) is 0 Å². The molecule has 0 fully saturated rings. The lowest BCUT2D eigenvalue weighted by Crippen LogP contribution is -2.40. The average Bonchev–Trinajstić information content (AvgIpc) is 2.75. The van der Waals surface area contributed by atoms with Gasteiger partial charge in [0, 0.05) is 19.1 Å². The molecule has 7 heteroatoms. The molecular formula is C11H20N4O2S. The monoisotopic (exact) mass is 272 g/mol. The zero-order valence-corrected chi connectivity index (χ0v) is 11.8.